The first kappa shape index (κ1) is 14.7. The normalized spacial score (nSPS) is 22.2. The van der Waals surface area contributed by atoms with Gasteiger partial charge in [-0.25, -0.2) is 0 Å². The number of hydrogen-bond donors (Lipinski definition) is 1. The molecular formula is C18H23NOS. The van der Waals surface area contributed by atoms with Crippen molar-refractivity contribution < 1.29 is 4.79 Å². The van der Waals surface area contributed by atoms with E-state index in [2.05, 4.69) is 36.7 Å². The number of carbonyl (C=O) groups is 1. The molecule has 1 aromatic carbocycles. The highest BCUT2D eigenvalue weighted by Gasteiger charge is 2.41. The van der Waals surface area contributed by atoms with E-state index in [1.54, 1.807) is 11.3 Å². The maximum atomic E-state index is 13.2. The molecule has 0 saturated carbocycles. The average Bonchev–Trinajstić information content (AvgIpc) is 3.12. The Kier molecular flexibility index (Phi) is 4.14. The Morgan fingerprint density at radius 3 is 2.90 bits per heavy atom. The molecule has 0 radical (unpaired) electrons. The smallest absolute Gasteiger partial charge is 0.171 e. The Morgan fingerprint density at radius 2 is 2.19 bits per heavy atom. The standard InChI is InChI=1S/C18H23NOS/c1-13(2)7-8-18(9-10-19-12-18)17(20)15-11-21-16-6-4-3-5-14(15)16/h3-6,11,13,19H,7-10,12H2,1-2H3. The summed E-state index contributed by atoms with van der Waals surface area (Å²) >= 11 is 1.68. The van der Waals surface area contributed by atoms with Crippen molar-refractivity contribution in [1.82, 2.24) is 5.32 Å². The number of carbonyl (C=O) groups excluding carboxylic acids is 1. The molecule has 112 valence electrons. The Balaban J connectivity index is 1.94. The van der Waals surface area contributed by atoms with E-state index >= 15 is 0 Å². The summed E-state index contributed by atoms with van der Waals surface area (Å²) < 4.78 is 1.21. The van der Waals surface area contributed by atoms with Gasteiger partial charge in [-0.1, -0.05) is 32.0 Å². The topological polar surface area (TPSA) is 29.1 Å². The van der Waals surface area contributed by atoms with Crippen molar-refractivity contribution in [3.05, 3.63) is 35.2 Å². The number of hydrogen-bond acceptors (Lipinski definition) is 3. The Morgan fingerprint density at radius 1 is 1.38 bits per heavy atom. The predicted molar refractivity (Wildman–Crippen MR) is 90.1 cm³/mol. The second kappa shape index (κ2) is 5.90. The Hall–Kier alpha value is -1.19. The van der Waals surface area contributed by atoms with Gasteiger partial charge in [0.15, 0.2) is 5.78 Å². The van der Waals surface area contributed by atoms with E-state index in [-0.39, 0.29) is 5.41 Å². The second-order valence-corrected chi connectivity index (χ2v) is 7.53. The lowest BCUT2D eigenvalue weighted by atomic mass is 9.74. The van der Waals surface area contributed by atoms with E-state index < -0.39 is 0 Å². The summed E-state index contributed by atoms with van der Waals surface area (Å²) in [7, 11) is 0. The van der Waals surface area contributed by atoms with E-state index in [9.17, 15) is 4.79 Å². The molecule has 0 aliphatic carbocycles. The van der Waals surface area contributed by atoms with Gasteiger partial charge in [0, 0.05) is 33.0 Å². The molecular weight excluding hydrogens is 278 g/mol. The average molecular weight is 301 g/mol. The number of thiophene rings is 1. The Labute approximate surface area is 130 Å². The largest absolute Gasteiger partial charge is 0.316 e. The molecule has 2 heterocycles. The molecule has 1 unspecified atom stereocenters. The number of Topliss-reactive ketones (excluding diaryl/α,β-unsaturated/α-hetero) is 1. The predicted octanol–water partition coefficient (Wildman–Crippen LogP) is 4.50. The van der Waals surface area contributed by atoms with Gasteiger partial charge in [-0.2, -0.15) is 0 Å². The van der Waals surface area contributed by atoms with Crippen LogP contribution in [0.4, 0.5) is 0 Å². The second-order valence-electron chi connectivity index (χ2n) is 6.61. The van der Waals surface area contributed by atoms with Crippen LogP contribution in [0.2, 0.25) is 0 Å². The van der Waals surface area contributed by atoms with E-state index in [0.717, 1.165) is 43.3 Å². The van der Waals surface area contributed by atoms with Crippen LogP contribution >= 0.6 is 11.3 Å². The zero-order chi connectivity index (χ0) is 14.9. The van der Waals surface area contributed by atoms with Crippen LogP contribution in [0, 0.1) is 11.3 Å². The third-order valence-corrected chi connectivity index (χ3v) is 5.61. The molecule has 1 aromatic heterocycles. The fraction of sp³-hybridized carbons (Fsp3) is 0.500. The SMILES string of the molecule is CC(C)CCC1(C(=O)c2csc3ccccc23)CCNC1. The van der Waals surface area contributed by atoms with Crippen molar-refractivity contribution in [3.63, 3.8) is 0 Å². The quantitative estimate of drug-likeness (QED) is 0.824. The number of benzene rings is 1. The summed E-state index contributed by atoms with van der Waals surface area (Å²) in [4.78, 5) is 13.2. The van der Waals surface area contributed by atoms with Gasteiger partial charge in [-0.3, -0.25) is 4.79 Å². The molecule has 1 aliphatic heterocycles. The molecule has 3 rings (SSSR count). The van der Waals surface area contributed by atoms with Gasteiger partial charge in [0.25, 0.3) is 0 Å². The lowest BCUT2D eigenvalue weighted by Crippen LogP contribution is -2.34. The summed E-state index contributed by atoms with van der Waals surface area (Å²) in [6.45, 7) is 6.27. The van der Waals surface area contributed by atoms with Crippen LogP contribution in [0.5, 0.6) is 0 Å². The summed E-state index contributed by atoms with van der Waals surface area (Å²) in [6.07, 6.45) is 3.10. The van der Waals surface area contributed by atoms with E-state index in [1.807, 2.05) is 12.1 Å². The van der Waals surface area contributed by atoms with Gasteiger partial charge >= 0.3 is 0 Å². The fourth-order valence-electron chi connectivity index (χ4n) is 3.27. The lowest BCUT2D eigenvalue weighted by Gasteiger charge is -2.27. The van der Waals surface area contributed by atoms with Crippen LogP contribution in [0.1, 0.15) is 43.5 Å². The number of rotatable bonds is 5. The highest BCUT2D eigenvalue weighted by molar-refractivity contribution is 7.17. The highest BCUT2D eigenvalue weighted by Crippen LogP contribution is 2.39. The van der Waals surface area contributed by atoms with Crippen molar-refractivity contribution >= 4 is 27.2 Å². The van der Waals surface area contributed by atoms with Gasteiger partial charge in [-0.15, -0.1) is 11.3 Å². The summed E-state index contributed by atoms with van der Waals surface area (Å²) in [5.74, 6) is 1.00. The summed E-state index contributed by atoms with van der Waals surface area (Å²) in [6, 6.07) is 8.25. The van der Waals surface area contributed by atoms with Crippen LogP contribution in [0.15, 0.2) is 29.6 Å². The van der Waals surface area contributed by atoms with Crippen molar-refractivity contribution in [1.29, 1.82) is 0 Å². The van der Waals surface area contributed by atoms with E-state index in [0.29, 0.717) is 11.7 Å². The molecule has 1 saturated heterocycles. The van der Waals surface area contributed by atoms with Crippen LogP contribution in [-0.2, 0) is 0 Å². The summed E-state index contributed by atoms with van der Waals surface area (Å²) in [5, 5.41) is 6.60. The van der Waals surface area contributed by atoms with Crippen LogP contribution in [0.3, 0.4) is 0 Å². The molecule has 0 bridgehead atoms. The summed E-state index contributed by atoms with van der Waals surface area (Å²) in [5.41, 5.74) is 0.747. The number of fused-ring (bicyclic) bond motifs is 1. The van der Waals surface area contributed by atoms with Gasteiger partial charge in [0.05, 0.1) is 0 Å². The zero-order valence-corrected chi connectivity index (χ0v) is 13.6. The molecule has 0 amide bonds. The molecule has 1 fully saturated rings. The van der Waals surface area contributed by atoms with E-state index in [4.69, 9.17) is 0 Å². The molecule has 21 heavy (non-hydrogen) atoms. The van der Waals surface area contributed by atoms with Gasteiger partial charge in [0.2, 0.25) is 0 Å². The monoisotopic (exact) mass is 301 g/mol. The van der Waals surface area contributed by atoms with Gasteiger partial charge in [0.1, 0.15) is 0 Å². The maximum absolute atomic E-state index is 13.2. The minimum Gasteiger partial charge on any atom is -0.316 e. The van der Waals surface area contributed by atoms with Crippen molar-refractivity contribution in [2.75, 3.05) is 13.1 Å². The minimum absolute atomic E-state index is 0.186. The van der Waals surface area contributed by atoms with Gasteiger partial charge in [-0.05, 0) is 37.8 Å². The lowest BCUT2D eigenvalue weighted by molar-refractivity contribution is 0.0797. The Bertz CT molecular complexity index is 637. The van der Waals surface area contributed by atoms with Crippen LogP contribution in [0.25, 0.3) is 10.1 Å². The van der Waals surface area contributed by atoms with Crippen molar-refractivity contribution in [3.8, 4) is 0 Å². The third-order valence-electron chi connectivity index (χ3n) is 4.65. The minimum atomic E-state index is -0.186. The zero-order valence-electron chi connectivity index (χ0n) is 12.8. The van der Waals surface area contributed by atoms with E-state index in [1.165, 1.54) is 4.70 Å². The molecule has 0 spiro atoms. The van der Waals surface area contributed by atoms with Crippen LogP contribution in [-0.4, -0.2) is 18.9 Å². The van der Waals surface area contributed by atoms with Crippen molar-refractivity contribution in [2.24, 2.45) is 11.3 Å². The first-order valence-corrected chi connectivity index (χ1v) is 8.72. The van der Waals surface area contributed by atoms with Crippen LogP contribution < -0.4 is 5.32 Å². The maximum Gasteiger partial charge on any atom is 0.171 e. The molecule has 2 aromatic rings. The molecule has 2 nitrogen and oxygen atoms in total. The first-order chi connectivity index (χ1) is 10.1. The van der Waals surface area contributed by atoms with Gasteiger partial charge < -0.3 is 5.32 Å². The highest BCUT2D eigenvalue weighted by atomic mass is 32.1. The molecule has 1 N–H and O–H groups in total. The molecule has 1 aliphatic rings. The number of nitrogens with one attached hydrogen (secondary N) is 1. The van der Waals surface area contributed by atoms with Crippen molar-refractivity contribution in [2.45, 2.75) is 33.1 Å². The molecule has 3 heteroatoms. The third kappa shape index (κ3) is 2.77. The molecule has 1 atom stereocenters. The first-order valence-electron chi connectivity index (χ1n) is 7.84. The number of ketones is 1. The fourth-order valence-corrected chi connectivity index (χ4v) is 4.21.